The molecule has 0 aliphatic heterocycles. The fraction of sp³-hybridized carbons (Fsp3) is 0.250. The molecule has 2 rings (SSSR count). The average Bonchev–Trinajstić information content (AvgIpc) is 2.77. The number of ketones is 1. The van der Waals surface area contributed by atoms with Crippen molar-refractivity contribution in [1.82, 2.24) is 10.2 Å². The summed E-state index contributed by atoms with van der Waals surface area (Å²) in [5.41, 5.74) is 0.786. The van der Waals surface area contributed by atoms with Crippen molar-refractivity contribution in [1.29, 1.82) is 0 Å². The highest BCUT2D eigenvalue weighted by Crippen LogP contribution is 2.25. The Balaban J connectivity index is 2.04. The van der Waals surface area contributed by atoms with Crippen LogP contribution >= 0.6 is 23.4 Å². The van der Waals surface area contributed by atoms with Gasteiger partial charge in [-0.15, -0.1) is 10.2 Å². The number of rotatable bonds is 5. The van der Waals surface area contributed by atoms with Gasteiger partial charge in [0.1, 0.15) is 5.78 Å². The van der Waals surface area contributed by atoms with Crippen molar-refractivity contribution in [3.05, 3.63) is 29.3 Å². The molecule has 0 fully saturated rings. The van der Waals surface area contributed by atoms with Gasteiger partial charge in [0.2, 0.25) is 5.89 Å². The van der Waals surface area contributed by atoms with Gasteiger partial charge in [0.15, 0.2) is 0 Å². The van der Waals surface area contributed by atoms with E-state index in [0.29, 0.717) is 28.3 Å². The van der Waals surface area contributed by atoms with Gasteiger partial charge >= 0.3 is 0 Å². The lowest BCUT2D eigenvalue weighted by Crippen LogP contribution is -1.91. The Hall–Kier alpha value is -1.33. The number of hydrogen-bond acceptors (Lipinski definition) is 5. The quantitative estimate of drug-likeness (QED) is 0.786. The second-order valence-corrected chi connectivity index (χ2v) is 5.17. The molecule has 2 aromatic rings. The molecule has 0 amide bonds. The molecule has 0 aliphatic carbocycles. The molecular formula is C12H11ClN2O2S. The summed E-state index contributed by atoms with van der Waals surface area (Å²) in [5.74, 6) is 1.23. The topological polar surface area (TPSA) is 56.0 Å². The molecule has 0 N–H and O–H groups in total. The van der Waals surface area contributed by atoms with Gasteiger partial charge in [-0.2, -0.15) is 0 Å². The van der Waals surface area contributed by atoms with E-state index in [1.807, 2.05) is 12.1 Å². The van der Waals surface area contributed by atoms with Gasteiger partial charge < -0.3 is 4.42 Å². The summed E-state index contributed by atoms with van der Waals surface area (Å²) in [6.45, 7) is 1.56. The molecule has 1 aromatic heterocycles. The standard InChI is InChI=1S/C12H11ClN2O2S/c1-8(16)5-6-18-12-15-14-11(17-12)9-3-2-4-10(13)7-9/h2-4,7H,5-6H2,1H3. The van der Waals surface area contributed by atoms with Gasteiger partial charge in [0, 0.05) is 22.8 Å². The fourth-order valence-electron chi connectivity index (χ4n) is 1.29. The molecule has 0 atom stereocenters. The highest BCUT2D eigenvalue weighted by atomic mass is 35.5. The fourth-order valence-corrected chi connectivity index (χ4v) is 2.28. The zero-order valence-electron chi connectivity index (χ0n) is 9.72. The second-order valence-electron chi connectivity index (χ2n) is 3.68. The van der Waals surface area contributed by atoms with Crippen LogP contribution in [0, 0.1) is 0 Å². The summed E-state index contributed by atoms with van der Waals surface area (Å²) in [6.07, 6.45) is 0.500. The third kappa shape index (κ3) is 3.58. The summed E-state index contributed by atoms with van der Waals surface area (Å²) >= 11 is 7.26. The predicted octanol–water partition coefficient (Wildman–Crippen LogP) is 3.46. The van der Waals surface area contributed by atoms with Crippen molar-refractivity contribution in [2.45, 2.75) is 18.6 Å². The van der Waals surface area contributed by atoms with Crippen molar-refractivity contribution in [3.8, 4) is 11.5 Å². The largest absolute Gasteiger partial charge is 0.411 e. The van der Waals surface area contributed by atoms with Gasteiger partial charge in [-0.3, -0.25) is 4.79 Å². The molecule has 0 radical (unpaired) electrons. The van der Waals surface area contributed by atoms with E-state index in [9.17, 15) is 4.79 Å². The molecular weight excluding hydrogens is 272 g/mol. The van der Waals surface area contributed by atoms with E-state index < -0.39 is 0 Å². The molecule has 4 nitrogen and oxygen atoms in total. The Morgan fingerprint density at radius 1 is 1.44 bits per heavy atom. The van der Waals surface area contributed by atoms with Gasteiger partial charge in [-0.05, 0) is 25.1 Å². The number of hydrogen-bond donors (Lipinski definition) is 0. The normalized spacial score (nSPS) is 10.6. The summed E-state index contributed by atoms with van der Waals surface area (Å²) < 4.78 is 5.48. The van der Waals surface area contributed by atoms with E-state index >= 15 is 0 Å². The van der Waals surface area contributed by atoms with Gasteiger partial charge in [-0.1, -0.05) is 29.4 Å². The van der Waals surface area contributed by atoms with E-state index in [-0.39, 0.29) is 5.78 Å². The molecule has 0 saturated heterocycles. The number of carbonyl (C=O) groups excluding carboxylic acids is 1. The van der Waals surface area contributed by atoms with Crippen LogP contribution in [0.15, 0.2) is 33.9 Å². The van der Waals surface area contributed by atoms with Crippen LogP contribution in [0.25, 0.3) is 11.5 Å². The van der Waals surface area contributed by atoms with Crippen molar-refractivity contribution in [2.75, 3.05) is 5.75 Å². The molecule has 0 saturated carbocycles. The van der Waals surface area contributed by atoms with Crippen molar-refractivity contribution in [2.24, 2.45) is 0 Å². The van der Waals surface area contributed by atoms with Crippen LogP contribution in [0.5, 0.6) is 0 Å². The lowest BCUT2D eigenvalue weighted by atomic mass is 10.2. The van der Waals surface area contributed by atoms with Crippen molar-refractivity contribution < 1.29 is 9.21 Å². The predicted molar refractivity (Wildman–Crippen MR) is 70.8 cm³/mol. The number of Topliss-reactive ketones (excluding diaryl/α,β-unsaturated/α-hetero) is 1. The van der Waals surface area contributed by atoms with Crippen LogP contribution in [-0.4, -0.2) is 21.7 Å². The average molecular weight is 283 g/mol. The van der Waals surface area contributed by atoms with Crippen LogP contribution in [0.1, 0.15) is 13.3 Å². The zero-order valence-corrected chi connectivity index (χ0v) is 11.3. The van der Waals surface area contributed by atoms with Gasteiger partial charge in [0.05, 0.1) is 0 Å². The summed E-state index contributed by atoms with van der Waals surface area (Å²) in [7, 11) is 0. The van der Waals surface area contributed by atoms with Crippen LogP contribution < -0.4 is 0 Å². The first-order valence-corrected chi connectivity index (χ1v) is 6.73. The van der Waals surface area contributed by atoms with Crippen LogP contribution in [0.3, 0.4) is 0 Å². The lowest BCUT2D eigenvalue weighted by Gasteiger charge is -1.95. The Labute approximate surface area is 114 Å². The van der Waals surface area contributed by atoms with Gasteiger partial charge in [-0.25, -0.2) is 0 Å². The first kappa shape index (κ1) is 13.1. The minimum Gasteiger partial charge on any atom is -0.411 e. The molecule has 6 heteroatoms. The summed E-state index contributed by atoms with van der Waals surface area (Å²) in [5, 5.41) is 8.94. The Bertz CT molecular complexity index is 557. The number of halogens is 1. The van der Waals surface area contributed by atoms with Crippen LogP contribution in [0.4, 0.5) is 0 Å². The SMILES string of the molecule is CC(=O)CCSc1nnc(-c2cccc(Cl)c2)o1. The molecule has 0 spiro atoms. The number of aromatic nitrogens is 2. The third-order valence-electron chi connectivity index (χ3n) is 2.16. The second kappa shape index (κ2) is 6.02. The smallest absolute Gasteiger partial charge is 0.276 e. The van der Waals surface area contributed by atoms with Crippen molar-refractivity contribution in [3.63, 3.8) is 0 Å². The maximum atomic E-state index is 10.8. The highest BCUT2D eigenvalue weighted by Gasteiger charge is 2.09. The number of thioether (sulfide) groups is 1. The maximum Gasteiger partial charge on any atom is 0.276 e. The summed E-state index contributed by atoms with van der Waals surface area (Å²) in [6, 6.07) is 7.22. The first-order valence-electron chi connectivity index (χ1n) is 5.37. The van der Waals surface area contributed by atoms with E-state index in [1.54, 1.807) is 19.1 Å². The first-order chi connectivity index (χ1) is 8.65. The van der Waals surface area contributed by atoms with E-state index in [2.05, 4.69) is 10.2 Å². The Kier molecular flexibility index (Phi) is 4.38. The minimum atomic E-state index is 0.150. The zero-order chi connectivity index (χ0) is 13.0. The van der Waals surface area contributed by atoms with Gasteiger partial charge in [0.25, 0.3) is 5.22 Å². The molecule has 18 heavy (non-hydrogen) atoms. The third-order valence-corrected chi connectivity index (χ3v) is 3.21. The molecule has 94 valence electrons. The van der Waals surface area contributed by atoms with Crippen molar-refractivity contribution >= 4 is 29.1 Å². The lowest BCUT2D eigenvalue weighted by molar-refractivity contribution is -0.116. The maximum absolute atomic E-state index is 10.8. The van der Waals surface area contributed by atoms with E-state index in [4.69, 9.17) is 16.0 Å². The molecule has 0 bridgehead atoms. The van der Waals surface area contributed by atoms with E-state index in [1.165, 1.54) is 11.8 Å². The molecule has 1 heterocycles. The van der Waals surface area contributed by atoms with Crippen LogP contribution in [-0.2, 0) is 4.79 Å². The molecule has 1 aromatic carbocycles. The minimum absolute atomic E-state index is 0.150. The van der Waals surface area contributed by atoms with Crippen LogP contribution in [0.2, 0.25) is 5.02 Å². The number of benzene rings is 1. The Morgan fingerprint density at radius 3 is 3.00 bits per heavy atom. The highest BCUT2D eigenvalue weighted by molar-refractivity contribution is 7.99. The van der Waals surface area contributed by atoms with E-state index in [0.717, 1.165) is 5.56 Å². The number of nitrogens with zero attached hydrogens (tertiary/aromatic N) is 2. The monoisotopic (exact) mass is 282 g/mol. The molecule has 0 aliphatic rings. The number of carbonyl (C=O) groups is 1. The Morgan fingerprint density at radius 2 is 2.28 bits per heavy atom. The summed E-state index contributed by atoms with van der Waals surface area (Å²) in [4.78, 5) is 10.8. The molecule has 0 unspecified atom stereocenters.